The van der Waals surface area contributed by atoms with Crippen molar-refractivity contribution < 1.29 is 9.32 Å². The Bertz CT molecular complexity index is 585. The van der Waals surface area contributed by atoms with E-state index in [4.69, 9.17) is 10.3 Å². The van der Waals surface area contributed by atoms with Gasteiger partial charge in [0, 0.05) is 18.7 Å². The predicted octanol–water partition coefficient (Wildman–Crippen LogP) is 1.61. The van der Waals surface area contributed by atoms with Crippen LogP contribution in [-0.2, 0) is 24.3 Å². The van der Waals surface area contributed by atoms with Crippen molar-refractivity contribution in [1.29, 1.82) is 0 Å². The first-order chi connectivity index (χ1) is 9.61. The SMILES string of the molecule is Cc1noc(C)c1CNC(=O)Cc1ccccc1CN. The second-order valence-corrected chi connectivity index (χ2v) is 4.73. The molecule has 1 aromatic heterocycles. The standard InChI is InChI=1S/C15H19N3O2/c1-10-14(11(2)20-18-10)9-17-15(19)7-12-5-3-4-6-13(12)8-16/h3-6H,7-9,16H2,1-2H3,(H,17,19). The molecular weight excluding hydrogens is 254 g/mol. The summed E-state index contributed by atoms with van der Waals surface area (Å²) in [6, 6.07) is 7.71. The molecule has 0 radical (unpaired) electrons. The first-order valence-electron chi connectivity index (χ1n) is 6.57. The monoisotopic (exact) mass is 273 g/mol. The lowest BCUT2D eigenvalue weighted by Crippen LogP contribution is -2.25. The molecule has 5 heteroatoms. The largest absolute Gasteiger partial charge is 0.361 e. The van der Waals surface area contributed by atoms with Gasteiger partial charge in [0.05, 0.1) is 12.1 Å². The molecule has 0 aliphatic heterocycles. The van der Waals surface area contributed by atoms with Crippen LogP contribution in [0.25, 0.3) is 0 Å². The molecule has 2 rings (SSSR count). The molecule has 0 aliphatic rings. The minimum absolute atomic E-state index is 0.0362. The molecule has 1 amide bonds. The van der Waals surface area contributed by atoms with Gasteiger partial charge in [-0.3, -0.25) is 4.79 Å². The molecule has 5 nitrogen and oxygen atoms in total. The lowest BCUT2D eigenvalue weighted by atomic mass is 10.0. The Morgan fingerprint density at radius 3 is 2.60 bits per heavy atom. The van der Waals surface area contributed by atoms with Gasteiger partial charge in [-0.15, -0.1) is 0 Å². The zero-order chi connectivity index (χ0) is 14.5. The number of aromatic nitrogens is 1. The summed E-state index contributed by atoms with van der Waals surface area (Å²) in [5, 5.41) is 6.75. The van der Waals surface area contributed by atoms with Crippen LogP contribution in [0.3, 0.4) is 0 Å². The topological polar surface area (TPSA) is 81.2 Å². The van der Waals surface area contributed by atoms with Crippen molar-refractivity contribution in [2.45, 2.75) is 33.4 Å². The molecule has 0 fully saturated rings. The van der Waals surface area contributed by atoms with Crippen molar-refractivity contribution in [2.24, 2.45) is 5.73 Å². The van der Waals surface area contributed by atoms with Gasteiger partial charge in [-0.25, -0.2) is 0 Å². The summed E-state index contributed by atoms with van der Waals surface area (Å²) < 4.78 is 5.06. The maximum absolute atomic E-state index is 12.0. The molecule has 3 N–H and O–H groups in total. The van der Waals surface area contributed by atoms with Gasteiger partial charge in [0.15, 0.2) is 0 Å². The van der Waals surface area contributed by atoms with Crippen LogP contribution >= 0.6 is 0 Å². The molecule has 0 atom stereocenters. The van der Waals surface area contributed by atoms with Gasteiger partial charge in [-0.05, 0) is 25.0 Å². The number of nitrogens with two attached hydrogens (primary N) is 1. The van der Waals surface area contributed by atoms with Gasteiger partial charge in [-0.2, -0.15) is 0 Å². The van der Waals surface area contributed by atoms with Crippen LogP contribution < -0.4 is 11.1 Å². The van der Waals surface area contributed by atoms with E-state index in [2.05, 4.69) is 10.5 Å². The lowest BCUT2D eigenvalue weighted by molar-refractivity contribution is -0.120. The average Bonchev–Trinajstić information content (AvgIpc) is 2.76. The fourth-order valence-corrected chi connectivity index (χ4v) is 2.11. The van der Waals surface area contributed by atoms with Crippen LogP contribution in [0.4, 0.5) is 0 Å². The fourth-order valence-electron chi connectivity index (χ4n) is 2.11. The molecule has 0 saturated heterocycles. The molecule has 0 spiro atoms. The van der Waals surface area contributed by atoms with E-state index in [0.717, 1.165) is 28.1 Å². The lowest BCUT2D eigenvalue weighted by Gasteiger charge is -2.08. The van der Waals surface area contributed by atoms with Crippen LogP contribution in [-0.4, -0.2) is 11.1 Å². The maximum atomic E-state index is 12.0. The van der Waals surface area contributed by atoms with Crippen LogP contribution in [0.1, 0.15) is 28.1 Å². The second-order valence-electron chi connectivity index (χ2n) is 4.73. The van der Waals surface area contributed by atoms with E-state index in [1.165, 1.54) is 0 Å². The van der Waals surface area contributed by atoms with Gasteiger partial charge in [0.2, 0.25) is 5.91 Å². The molecule has 0 saturated carbocycles. The highest BCUT2D eigenvalue weighted by atomic mass is 16.5. The van der Waals surface area contributed by atoms with E-state index in [1.807, 2.05) is 38.1 Å². The number of aryl methyl sites for hydroxylation is 2. The van der Waals surface area contributed by atoms with Crippen molar-refractivity contribution in [1.82, 2.24) is 10.5 Å². The van der Waals surface area contributed by atoms with Crippen LogP contribution in [0.2, 0.25) is 0 Å². The molecular formula is C15H19N3O2. The predicted molar refractivity (Wildman–Crippen MR) is 75.9 cm³/mol. The molecule has 0 aliphatic carbocycles. The van der Waals surface area contributed by atoms with E-state index in [1.54, 1.807) is 0 Å². The van der Waals surface area contributed by atoms with Crippen molar-refractivity contribution in [2.75, 3.05) is 0 Å². The van der Waals surface area contributed by atoms with Crippen molar-refractivity contribution in [3.05, 3.63) is 52.4 Å². The molecule has 106 valence electrons. The molecule has 0 unspecified atom stereocenters. The van der Waals surface area contributed by atoms with Gasteiger partial charge in [0.25, 0.3) is 0 Å². The van der Waals surface area contributed by atoms with Crippen LogP contribution in [0.15, 0.2) is 28.8 Å². The Kier molecular flexibility index (Phi) is 4.53. The van der Waals surface area contributed by atoms with Gasteiger partial charge < -0.3 is 15.6 Å². The Labute approximate surface area is 118 Å². The van der Waals surface area contributed by atoms with E-state index < -0.39 is 0 Å². The average molecular weight is 273 g/mol. The highest BCUT2D eigenvalue weighted by molar-refractivity contribution is 5.78. The number of carbonyl (C=O) groups excluding carboxylic acids is 1. The van der Waals surface area contributed by atoms with E-state index in [9.17, 15) is 4.79 Å². The summed E-state index contributed by atoms with van der Waals surface area (Å²) in [6.07, 6.45) is 0.330. The molecule has 2 aromatic rings. The molecule has 1 aromatic carbocycles. The van der Waals surface area contributed by atoms with Crippen molar-refractivity contribution >= 4 is 5.91 Å². The van der Waals surface area contributed by atoms with Crippen LogP contribution in [0, 0.1) is 13.8 Å². The summed E-state index contributed by atoms with van der Waals surface area (Å²) in [7, 11) is 0. The van der Waals surface area contributed by atoms with Gasteiger partial charge in [-0.1, -0.05) is 29.4 Å². The van der Waals surface area contributed by atoms with Crippen LogP contribution in [0.5, 0.6) is 0 Å². The first-order valence-corrected chi connectivity index (χ1v) is 6.57. The second kappa shape index (κ2) is 6.34. The minimum atomic E-state index is -0.0362. The molecule has 20 heavy (non-hydrogen) atoms. The maximum Gasteiger partial charge on any atom is 0.224 e. The summed E-state index contributed by atoms with van der Waals surface area (Å²) in [5.41, 5.74) is 9.37. The number of amides is 1. The quantitative estimate of drug-likeness (QED) is 0.867. The van der Waals surface area contributed by atoms with E-state index in [0.29, 0.717) is 19.5 Å². The summed E-state index contributed by atoms with van der Waals surface area (Å²) in [6.45, 7) is 4.57. The third kappa shape index (κ3) is 3.24. The number of hydrogen-bond acceptors (Lipinski definition) is 4. The normalized spacial score (nSPS) is 10.6. The number of rotatable bonds is 5. The molecule has 0 bridgehead atoms. The Hall–Kier alpha value is -2.14. The number of nitrogens with zero attached hydrogens (tertiary/aromatic N) is 1. The van der Waals surface area contributed by atoms with E-state index >= 15 is 0 Å². The third-order valence-corrected chi connectivity index (χ3v) is 3.33. The van der Waals surface area contributed by atoms with Gasteiger partial charge >= 0.3 is 0 Å². The molecule has 1 heterocycles. The Morgan fingerprint density at radius 2 is 2.00 bits per heavy atom. The Balaban J connectivity index is 1.96. The summed E-state index contributed by atoms with van der Waals surface area (Å²) >= 11 is 0. The third-order valence-electron chi connectivity index (χ3n) is 3.33. The minimum Gasteiger partial charge on any atom is -0.361 e. The zero-order valence-corrected chi connectivity index (χ0v) is 11.8. The highest BCUT2D eigenvalue weighted by Gasteiger charge is 2.11. The number of hydrogen-bond donors (Lipinski definition) is 2. The zero-order valence-electron chi connectivity index (χ0n) is 11.8. The fraction of sp³-hybridized carbons (Fsp3) is 0.333. The van der Waals surface area contributed by atoms with Crippen molar-refractivity contribution in [3.8, 4) is 0 Å². The highest BCUT2D eigenvalue weighted by Crippen LogP contribution is 2.12. The number of nitrogens with one attached hydrogen (secondary N) is 1. The first kappa shape index (κ1) is 14.3. The van der Waals surface area contributed by atoms with Crippen molar-refractivity contribution in [3.63, 3.8) is 0 Å². The number of benzene rings is 1. The Morgan fingerprint density at radius 1 is 1.30 bits per heavy atom. The van der Waals surface area contributed by atoms with E-state index in [-0.39, 0.29) is 5.91 Å². The summed E-state index contributed by atoms with van der Waals surface area (Å²) in [5.74, 6) is 0.705. The number of carbonyl (C=O) groups is 1. The van der Waals surface area contributed by atoms with Gasteiger partial charge in [0.1, 0.15) is 5.76 Å². The summed E-state index contributed by atoms with van der Waals surface area (Å²) in [4.78, 5) is 12.0. The smallest absolute Gasteiger partial charge is 0.224 e.